The van der Waals surface area contributed by atoms with E-state index in [9.17, 15) is 9.59 Å². The molecule has 28 heavy (non-hydrogen) atoms. The molecule has 0 radical (unpaired) electrons. The van der Waals surface area contributed by atoms with Gasteiger partial charge in [-0.2, -0.15) is 0 Å². The minimum Gasteiger partial charge on any atom is -0.339 e. The molecule has 0 saturated carbocycles. The van der Waals surface area contributed by atoms with E-state index < -0.39 is 0 Å². The number of hydrogen-bond acceptors (Lipinski definition) is 5. The lowest BCUT2D eigenvalue weighted by molar-refractivity contribution is 0.0773. The summed E-state index contributed by atoms with van der Waals surface area (Å²) >= 11 is 1.31. The molecule has 3 aromatic rings. The van der Waals surface area contributed by atoms with Crippen LogP contribution in [0.1, 0.15) is 39.6 Å². The van der Waals surface area contributed by atoms with E-state index in [2.05, 4.69) is 15.3 Å². The Labute approximate surface area is 168 Å². The van der Waals surface area contributed by atoms with Crippen molar-refractivity contribution in [3.8, 4) is 10.7 Å². The molecule has 2 aromatic heterocycles. The van der Waals surface area contributed by atoms with Crippen molar-refractivity contribution in [3.63, 3.8) is 0 Å². The second-order valence-electron chi connectivity index (χ2n) is 6.16. The van der Waals surface area contributed by atoms with E-state index in [-0.39, 0.29) is 11.8 Å². The molecular formula is C21H22N4O2S. The van der Waals surface area contributed by atoms with Crippen LogP contribution in [-0.4, -0.2) is 39.8 Å². The van der Waals surface area contributed by atoms with Crippen molar-refractivity contribution in [1.29, 1.82) is 0 Å². The largest absolute Gasteiger partial charge is 0.339 e. The fourth-order valence-electron chi connectivity index (χ4n) is 2.78. The van der Waals surface area contributed by atoms with E-state index in [0.717, 1.165) is 5.69 Å². The van der Waals surface area contributed by atoms with Crippen LogP contribution in [0, 0.1) is 6.92 Å². The third-order valence-corrected chi connectivity index (χ3v) is 5.51. The Morgan fingerprint density at radius 3 is 2.39 bits per heavy atom. The first-order chi connectivity index (χ1) is 13.5. The van der Waals surface area contributed by atoms with Gasteiger partial charge in [0.05, 0.1) is 11.4 Å². The third-order valence-electron chi connectivity index (χ3n) is 4.33. The van der Waals surface area contributed by atoms with Gasteiger partial charge in [0.25, 0.3) is 11.8 Å². The molecule has 1 N–H and O–H groups in total. The average molecular weight is 395 g/mol. The summed E-state index contributed by atoms with van der Waals surface area (Å²) in [6.45, 7) is 7.04. The standard InChI is InChI=1S/C21H22N4O2S/c1-4-25(5-2)21(27)15-9-11-16(12-10-15)24-19(26)18-14(3)23-20(28-18)17-8-6-7-13-22-17/h6-13H,4-5H2,1-3H3,(H,24,26). The highest BCUT2D eigenvalue weighted by Gasteiger charge is 2.17. The first kappa shape index (κ1) is 19.7. The van der Waals surface area contributed by atoms with Gasteiger partial charge in [0.1, 0.15) is 9.88 Å². The van der Waals surface area contributed by atoms with Gasteiger partial charge in [-0.15, -0.1) is 11.3 Å². The molecule has 0 aliphatic carbocycles. The van der Waals surface area contributed by atoms with Crippen molar-refractivity contribution in [2.24, 2.45) is 0 Å². The van der Waals surface area contributed by atoms with Gasteiger partial charge < -0.3 is 10.2 Å². The molecule has 0 bridgehead atoms. The molecule has 3 rings (SSSR count). The van der Waals surface area contributed by atoms with Crippen LogP contribution in [0.15, 0.2) is 48.7 Å². The van der Waals surface area contributed by atoms with E-state index in [0.29, 0.717) is 39.9 Å². The van der Waals surface area contributed by atoms with Crippen LogP contribution in [0.2, 0.25) is 0 Å². The Hall–Kier alpha value is -3.06. The number of amides is 2. The maximum Gasteiger partial charge on any atom is 0.267 e. The molecule has 0 atom stereocenters. The van der Waals surface area contributed by atoms with Gasteiger partial charge in [-0.05, 0) is 57.2 Å². The van der Waals surface area contributed by atoms with E-state index in [1.54, 1.807) is 35.4 Å². The highest BCUT2D eigenvalue weighted by atomic mass is 32.1. The summed E-state index contributed by atoms with van der Waals surface area (Å²) in [5, 5.41) is 3.58. The molecule has 0 aliphatic rings. The van der Waals surface area contributed by atoms with Crippen molar-refractivity contribution in [1.82, 2.24) is 14.9 Å². The third kappa shape index (κ3) is 4.26. The Balaban J connectivity index is 1.73. The maximum atomic E-state index is 12.7. The van der Waals surface area contributed by atoms with E-state index in [1.165, 1.54) is 11.3 Å². The van der Waals surface area contributed by atoms with Crippen LogP contribution in [0.3, 0.4) is 0 Å². The number of thiazole rings is 1. The number of pyridine rings is 1. The monoisotopic (exact) mass is 394 g/mol. The van der Waals surface area contributed by atoms with Gasteiger partial charge in [-0.25, -0.2) is 4.98 Å². The molecule has 2 heterocycles. The number of aromatic nitrogens is 2. The van der Waals surface area contributed by atoms with Crippen LogP contribution in [0.5, 0.6) is 0 Å². The molecule has 0 unspecified atom stereocenters. The summed E-state index contributed by atoms with van der Waals surface area (Å²) < 4.78 is 0. The lowest BCUT2D eigenvalue weighted by atomic mass is 10.1. The molecular weight excluding hydrogens is 372 g/mol. The molecule has 0 aliphatic heterocycles. The van der Waals surface area contributed by atoms with Gasteiger partial charge >= 0.3 is 0 Å². The van der Waals surface area contributed by atoms with Gasteiger partial charge in [0.2, 0.25) is 0 Å². The fraction of sp³-hybridized carbons (Fsp3) is 0.238. The number of nitrogens with one attached hydrogen (secondary N) is 1. The summed E-state index contributed by atoms with van der Waals surface area (Å²) in [5.41, 5.74) is 2.65. The minimum atomic E-state index is -0.222. The number of rotatable bonds is 6. The maximum absolute atomic E-state index is 12.7. The first-order valence-corrected chi connectivity index (χ1v) is 9.94. The second kappa shape index (κ2) is 8.75. The Kier molecular flexibility index (Phi) is 6.16. The molecule has 144 valence electrons. The predicted octanol–water partition coefficient (Wildman–Crippen LogP) is 4.25. The highest BCUT2D eigenvalue weighted by molar-refractivity contribution is 7.17. The van der Waals surface area contributed by atoms with Crippen molar-refractivity contribution in [2.45, 2.75) is 20.8 Å². The average Bonchev–Trinajstić information content (AvgIpc) is 3.12. The lowest BCUT2D eigenvalue weighted by Crippen LogP contribution is -2.30. The minimum absolute atomic E-state index is 0.0128. The van der Waals surface area contributed by atoms with Gasteiger partial charge in [0, 0.05) is 30.5 Å². The number of benzene rings is 1. The number of carbonyl (C=O) groups is 2. The number of hydrogen-bond donors (Lipinski definition) is 1. The van der Waals surface area contributed by atoms with Crippen LogP contribution in [0.25, 0.3) is 10.7 Å². The summed E-state index contributed by atoms with van der Waals surface area (Å²) in [5.74, 6) is -0.235. The summed E-state index contributed by atoms with van der Waals surface area (Å²) in [6.07, 6.45) is 1.70. The molecule has 0 saturated heterocycles. The first-order valence-electron chi connectivity index (χ1n) is 9.13. The molecule has 0 spiro atoms. The fourth-order valence-corrected chi connectivity index (χ4v) is 3.72. The van der Waals surface area contributed by atoms with E-state index in [1.807, 2.05) is 39.0 Å². The number of aryl methyl sites for hydroxylation is 1. The Bertz CT molecular complexity index is 964. The van der Waals surface area contributed by atoms with E-state index >= 15 is 0 Å². The smallest absolute Gasteiger partial charge is 0.267 e. The van der Waals surface area contributed by atoms with Gasteiger partial charge in [-0.3, -0.25) is 14.6 Å². The predicted molar refractivity (Wildman–Crippen MR) is 112 cm³/mol. The quantitative estimate of drug-likeness (QED) is 0.678. The Morgan fingerprint density at radius 1 is 1.07 bits per heavy atom. The van der Waals surface area contributed by atoms with Crippen LogP contribution in [0.4, 0.5) is 5.69 Å². The SMILES string of the molecule is CCN(CC)C(=O)c1ccc(NC(=O)c2sc(-c3ccccn3)nc2C)cc1. The summed E-state index contributed by atoms with van der Waals surface area (Å²) in [7, 11) is 0. The van der Waals surface area contributed by atoms with Gasteiger partial charge in [0.15, 0.2) is 0 Å². The molecule has 2 amide bonds. The van der Waals surface area contributed by atoms with Gasteiger partial charge in [-0.1, -0.05) is 6.07 Å². The van der Waals surface area contributed by atoms with Crippen molar-refractivity contribution < 1.29 is 9.59 Å². The number of carbonyl (C=O) groups excluding carboxylic acids is 2. The van der Waals surface area contributed by atoms with Crippen molar-refractivity contribution >= 4 is 28.8 Å². The van der Waals surface area contributed by atoms with Crippen LogP contribution in [-0.2, 0) is 0 Å². The van der Waals surface area contributed by atoms with Crippen molar-refractivity contribution in [2.75, 3.05) is 18.4 Å². The summed E-state index contributed by atoms with van der Waals surface area (Å²) in [6, 6.07) is 12.5. The molecule has 0 fully saturated rings. The van der Waals surface area contributed by atoms with E-state index in [4.69, 9.17) is 0 Å². The van der Waals surface area contributed by atoms with Crippen LogP contribution >= 0.6 is 11.3 Å². The summed E-state index contributed by atoms with van der Waals surface area (Å²) in [4.78, 5) is 36.1. The lowest BCUT2D eigenvalue weighted by Gasteiger charge is -2.18. The number of nitrogens with zero attached hydrogens (tertiary/aromatic N) is 3. The zero-order chi connectivity index (χ0) is 20.1. The molecule has 7 heteroatoms. The molecule has 6 nitrogen and oxygen atoms in total. The number of anilines is 1. The Morgan fingerprint density at radius 2 is 1.79 bits per heavy atom. The normalized spacial score (nSPS) is 10.5. The highest BCUT2D eigenvalue weighted by Crippen LogP contribution is 2.27. The van der Waals surface area contributed by atoms with Crippen molar-refractivity contribution in [3.05, 3.63) is 64.8 Å². The zero-order valence-corrected chi connectivity index (χ0v) is 16.9. The zero-order valence-electron chi connectivity index (χ0n) is 16.1. The van der Waals surface area contributed by atoms with Crippen LogP contribution < -0.4 is 5.32 Å². The topological polar surface area (TPSA) is 75.2 Å². The molecule has 1 aromatic carbocycles. The second-order valence-corrected chi connectivity index (χ2v) is 7.16.